The third-order valence-electron chi connectivity index (χ3n) is 3.49. The van der Waals surface area contributed by atoms with Gasteiger partial charge in [0.25, 0.3) is 0 Å². The summed E-state index contributed by atoms with van der Waals surface area (Å²) < 4.78 is 1.87. The van der Waals surface area contributed by atoms with E-state index in [-0.39, 0.29) is 0 Å². The molecule has 0 aliphatic carbocycles. The van der Waals surface area contributed by atoms with Gasteiger partial charge in [-0.25, -0.2) is 9.50 Å². The first-order valence-electron chi connectivity index (χ1n) is 6.79. The van der Waals surface area contributed by atoms with E-state index < -0.39 is 0 Å². The summed E-state index contributed by atoms with van der Waals surface area (Å²) in [4.78, 5) is 5.60. The van der Waals surface area contributed by atoms with E-state index in [1.165, 1.54) is 11.1 Å². The molecule has 102 valence electrons. The van der Waals surface area contributed by atoms with Crippen LogP contribution in [0.4, 0.5) is 0 Å². The number of hydrogen-bond acceptors (Lipinski definition) is 3. The topological polar surface area (TPSA) is 30.2 Å². The molecule has 0 amide bonds. The molecule has 21 heavy (non-hydrogen) atoms. The zero-order valence-corrected chi connectivity index (χ0v) is 12.3. The second kappa shape index (κ2) is 4.82. The van der Waals surface area contributed by atoms with Gasteiger partial charge in [0, 0.05) is 11.1 Å². The summed E-state index contributed by atoms with van der Waals surface area (Å²) in [5.74, 6) is 0. The Morgan fingerprint density at radius 1 is 0.952 bits per heavy atom. The molecule has 0 N–H and O–H groups in total. The molecule has 2 aromatic heterocycles. The van der Waals surface area contributed by atoms with Crippen LogP contribution in [0.1, 0.15) is 5.56 Å². The van der Waals surface area contributed by atoms with Crippen molar-refractivity contribution in [3.05, 3.63) is 66.4 Å². The molecule has 0 bridgehead atoms. The molecule has 0 unspecified atom stereocenters. The second-order valence-corrected chi connectivity index (χ2v) is 5.90. The molecule has 0 aliphatic rings. The van der Waals surface area contributed by atoms with Crippen LogP contribution >= 0.6 is 11.3 Å². The third kappa shape index (κ3) is 2.14. The van der Waals surface area contributed by atoms with Crippen LogP contribution in [0, 0.1) is 6.92 Å². The van der Waals surface area contributed by atoms with Crippen LogP contribution in [-0.4, -0.2) is 14.6 Å². The molecule has 0 saturated heterocycles. The van der Waals surface area contributed by atoms with E-state index in [4.69, 9.17) is 0 Å². The summed E-state index contributed by atoms with van der Waals surface area (Å²) in [7, 11) is 0. The van der Waals surface area contributed by atoms with Crippen molar-refractivity contribution < 1.29 is 0 Å². The summed E-state index contributed by atoms with van der Waals surface area (Å²) in [6, 6.07) is 18.5. The fraction of sp³-hybridized carbons (Fsp3) is 0.0588. The molecule has 4 rings (SSSR count). The highest BCUT2D eigenvalue weighted by Gasteiger charge is 2.11. The molecule has 4 aromatic rings. The number of aromatic nitrogens is 3. The number of rotatable bonds is 2. The fourth-order valence-corrected chi connectivity index (χ4v) is 3.34. The van der Waals surface area contributed by atoms with Gasteiger partial charge in [-0.05, 0) is 12.5 Å². The molecule has 2 heterocycles. The average molecular weight is 291 g/mol. The van der Waals surface area contributed by atoms with Crippen molar-refractivity contribution in [1.82, 2.24) is 14.6 Å². The molecular weight excluding hydrogens is 278 g/mol. The first-order valence-corrected chi connectivity index (χ1v) is 7.60. The monoisotopic (exact) mass is 291 g/mol. The van der Waals surface area contributed by atoms with Gasteiger partial charge in [-0.15, -0.1) is 0 Å². The minimum Gasteiger partial charge on any atom is -0.217 e. The Balaban J connectivity index is 1.80. The van der Waals surface area contributed by atoms with Gasteiger partial charge in [0.2, 0.25) is 4.96 Å². The Hall–Kier alpha value is -2.46. The number of aryl methyl sites for hydroxylation is 1. The van der Waals surface area contributed by atoms with Crippen molar-refractivity contribution in [1.29, 1.82) is 0 Å². The smallest absolute Gasteiger partial charge is 0.213 e. The van der Waals surface area contributed by atoms with E-state index >= 15 is 0 Å². The van der Waals surface area contributed by atoms with E-state index in [2.05, 4.69) is 41.3 Å². The highest BCUT2D eigenvalue weighted by Crippen LogP contribution is 2.29. The lowest BCUT2D eigenvalue weighted by Gasteiger charge is -1.99. The van der Waals surface area contributed by atoms with Gasteiger partial charge < -0.3 is 0 Å². The van der Waals surface area contributed by atoms with E-state index in [1.807, 2.05) is 41.0 Å². The summed E-state index contributed by atoms with van der Waals surface area (Å²) >= 11 is 1.62. The van der Waals surface area contributed by atoms with Crippen LogP contribution in [-0.2, 0) is 0 Å². The van der Waals surface area contributed by atoms with Crippen molar-refractivity contribution in [2.24, 2.45) is 0 Å². The third-order valence-corrected chi connectivity index (χ3v) is 4.44. The van der Waals surface area contributed by atoms with Gasteiger partial charge in [-0.3, -0.25) is 0 Å². The van der Waals surface area contributed by atoms with Crippen LogP contribution in [0.2, 0.25) is 0 Å². The minimum absolute atomic E-state index is 0.923. The molecule has 3 nitrogen and oxygen atoms in total. The predicted octanol–water partition coefficient (Wildman–Crippen LogP) is 4.43. The average Bonchev–Trinajstić information content (AvgIpc) is 3.07. The van der Waals surface area contributed by atoms with Gasteiger partial charge in [-0.2, -0.15) is 5.10 Å². The van der Waals surface area contributed by atoms with Gasteiger partial charge in [0.05, 0.1) is 11.9 Å². The van der Waals surface area contributed by atoms with Gasteiger partial charge in [0.15, 0.2) is 0 Å². The van der Waals surface area contributed by atoms with Crippen molar-refractivity contribution >= 4 is 16.3 Å². The van der Waals surface area contributed by atoms with Crippen LogP contribution in [0.15, 0.2) is 60.8 Å². The van der Waals surface area contributed by atoms with Crippen molar-refractivity contribution in [2.75, 3.05) is 0 Å². The van der Waals surface area contributed by atoms with Crippen LogP contribution in [0.3, 0.4) is 0 Å². The highest BCUT2D eigenvalue weighted by atomic mass is 32.1. The molecule has 0 radical (unpaired) electrons. The van der Waals surface area contributed by atoms with Gasteiger partial charge >= 0.3 is 0 Å². The summed E-state index contributed by atoms with van der Waals surface area (Å²) in [5, 5.41) is 5.67. The summed E-state index contributed by atoms with van der Waals surface area (Å²) in [5.41, 5.74) is 4.49. The maximum absolute atomic E-state index is 4.68. The number of fused-ring (bicyclic) bond motifs is 1. The summed E-state index contributed by atoms with van der Waals surface area (Å²) in [6.45, 7) is 2.11. The van der Waals surface area contributed by atoms with E-state index in [9.17, 15) is 0 Å². The maximum atomic E-state index is 4.68. The minimum atomic E-state index is 0.923. The van der Waals surface area contributed by atoms with Gasteiger partial charge in [0.1, 0.15) is 5.01 Å². The highest BCUT2D eigenvalue weighted by molar-refractivity contribution is 7.19. The SMILES string of the molecule is Cc1ccccc1-c1nn2cc(-c3ccccc3)nc2s1. The summed E-state index contributed by atoms with van der Waals surface area (Å²) in [6.07, 6.45) is 1.99. The first-order chi connectivity index (χ1) is 10.3. The number of nitrogens with zero attached hydrogens (tertiary/aromatic N) is 3. The zero-order valence-electron chi connectivity index (χ0n) is 11.5. The molecule has 0 aliphatic heterocycles. The van der Waals surface area contributed by atoms with Crippen LogP contribution in [0.25, 0.3) is 26.8 Å². The van der Waals surface area contributed by atoms with Crippen LogP contribution in [0.5, 0.6) is 0 Å². The quantitative estimate of drug-likeness (QED) is 0.547. The van der Waals surface area contributed by atoms with Gasteiger partial charge in [-0.1, -0.05) is 65.9 Å². The van der Waals surface area contributed by atoms with E-state index in [1.54, 1.807) is 11.3 Å². The Labute approximate surface area is 126 Å². The van der Waals surface area contributed by atoms with Crippen LogP contribution < -0.4 is 0 Å². The Morgan fingerprint density at radius 2 is 1.71 bits per heavy atom. The lowest BCUT2D eigenvalue weighted by atomic mass is 10.1. The Kier molecular flexibility index (Phi) is 2.82. The molecule has 0 spiro atoms. The number of hydrogen-bond donors (Lipinski definition) is 0. The molecular formula is C17H13N3S. The molecule has 0 saturated carbocycles. The second-order valence-electron chi connectivity index (χ2n) is 4.94. The first kappa shape index (κ1) is 12.3. The predicted molar refractivity (Wildman–Crippen MR) is 86.5 cm³/mol. The lowest BCUT2D eigenvalue weighted by Crippen LogP contribution is -1.85. The standard InChI is InChI=1S/C17H13N3S/c1-12-7-5-6-10-14(12)16-19-20-11-15(18-17(20)21-16)13-8-3-2-4-9-13/h2-11H,1H3. The van der Waals surface area contributed by atoms with Crippen molar-refractivity contribution in [2.45, 2.75) is 6.92 Å². The van der Waals surface area contributed by atoms with E-state index in [0.29, 0.717) is 0 Å². The number of imidazole rings is 1. The zero-order chi connectivity index (χ0) is 14.2. The fourth-order valence-electron chi connectivity index (χ4n) is 2.37. The lowest BCUT2D eigenvalue weighted by molar-refractivity contribution is 0.978. The Bertz CT molecular complexity index is 875. The largest absolute Gasteiger partial charge is 0.217 e. The molecule has 0 atom stereocenters. The maximum Gasteiger partial charge on any atom is 0.213 e. The normalized spacial score (nSPS) is 11.1. The number of benzene rings is 2. The van der Waals surface area contributed by atoms with Crippen molar-refractivity contribution in [3.8, 4) is 21.8 Å². The molecule has 0 fully saturated rings. The van der Waals surface area contributed by atoms with Crippen molar-refractivity contribution in [3.63, 3.8) is 0 Å². The van der Waals surface area contributed by atoms with E-state index in [0.717, 1.165) is 21.2 Å². The molecule has 4 heteroatoms. The molecule has 2 aromatic carbocycles. The Morgan fingerprint density at radius 3 is 2.48 bits per heavy atom.